The highest BCUT2D eigenvalue weighted by atomic mass is 16.5. The molecule has 0 unspecified atom stereocenters. The first kappa shape index (κ1) is 39.5. The standard InChI is InChI=1S/C46H49N5O7/c1-55-42-18-15-35(25-43(42)56-2)26-46(54)49(29-44(52)47-21-19-33-13-16-40-36(23-33)27-50(31-57-40)38-9-5-3-6-10-38)30-45(53)48-22-20-34-14-17-41-37(24-34)28-51(32-58-41)39-11-7-4-8-12-39/h3-18,23-25H,19-22,26-32H2,1-2H3,(H,47,52)(H,48,53). The molecule has 58 heavy (non-hydrogen) atoms. The van der Waals surface area contributed by atoms with E-state index in [1.54, 1.807) is 25.3 Å². The molecule has 0 atom stereocenters. The van der Waals surface area contributed by atoms with E-state index in [-0.39, 0.29) is 37.2 Å². The van der Waals surface area contributed by atoms with Crippen LogP contribution in [0.25, 0.3) is 0 Å². The number of carbonyl (C=O) groups is 3. The summed E-state index contributed by atoms with van der Waals surface area (Å²) in [5, 5.41) is 5.90. The summed E-state index contributed by atoms with van der Waals surface area (Å²) in [6.45, 7) is 2.57. The summed E-state index contributed by atoms with van der Waals surface area (Å²) < 4.78 is 22.8. The number of fused-ring (bicyclic) bond motifs is 2. The van der Waals surface area contributed by atoms with Crippen LogP contribution in [0, 0.1) is 0 Å². The fourth-order valence-corrected chi connectivity index (χ4v) is 7.17. The van der Waals surface area contributed by atoms with Crippen LogP contribution in [0.3, 0.4) is 0 Å². The van der Waals surface area contributed by atoms with Gasteiger partial charge in [0.15, 0.2) is 25.0 Å². The van der Waals surface area contributed by atoms with Gasteiger partial charge in [0.25, 0.3) is 0 Å². The fourth-order valence-electron chi connectivity index (χ4n) is 7.17. The average Bonchev–Trinajstić information content (AvgIpc) is 3.26. The molecule has 7 rings (SSSR count). The molecule has 5 aromatic rings. The SMILES string of the molecule is COc1ccc(CC(=O)N(CC(=O)NCCc2ccc3c(c2)CN(c2ccccc2)CO3)CC(=O)NCCc2ccc3c(c2)CN(c2ccccc2)CO3)cc1OC. The van der Waals surface area contributed by atoms with Gasteiger partial charge in [-0.3, -0.25) is 14.4 Å². The van der Waals surface area contributed by atoms with Crippen molar-refractivity contribution in [3.63, 3.8) is 0 Å². The highest BCUT2D eigenvalue weighted by Gasteiger charge is 2.23. The topological polar surface area (TPSA) is 122 Å². The van der Waals surface area contributed by atoms with E-state index >= 15 is 0 Å². The van der Waals surface area contributed by atoms with Gasteiger partial charge in [-0.05, 0) is 78.1 Å². The number of hydrogen-bond acceptors (Lipinski definition) is 9. The van der Waals surface area contributed by atoms with Crippen LogP contribution in [-0.4, -0.2) is 76.5 Å². The molecule has 2 N–H and O–H groups in total. The number of anilines is 2. The number of methoxy groups -OCH3 is 2. The molecule has 0 bridgehead atoms. The molecule has 3 amide bonds. The van der Waals surface area contributed by atoms with Crippen LogP contribution in [0.5, 0.6) is 23.0 Å². The molecule has 2 aliphatic heterocycles. The van der Waals surface area contributed by atoms with Crippen LogP contribution in [0.4, 0.5) is 11.4 Å². The number of amides is 3. The fraction of sp³-hybridized carbons (Fsp3) is 0.283. The third-order valence-corrected chi connectivity index (χ3v) is 10.3. The molecule has 0 aliphatic carbocycles. The molecule has 0 fully saturated rings. The molecule has 0 aromatic heterocycles. The van der Waals surface area contributed by atoms with Gasteiger partial charge < -0.3 is 44.3 Å². The molecule has 300 valence electrons. The van der Waals surface area contributed by atoms with Crippen LogP contribution in [-0.2, 0) is 46.7 Å². The van der Waals surface area contributed by atoms with Gasteiger partial charge in [0, 0.05) is 48.7 Å². The number of nitrogens with one attached hydrogen (secondary N) is 2. The van der Waals surface area contributed by atoms with Crippen molar-refractivity contribution in [2.24, 2.45) is 0 Å². The zero-order valence-electron chi connectivity index (χ0n) is 32.9. The molecule has 2 heterocycles. The summed E-state index contributed by atoms with van der Waals surface area (Å²) in [6, 6.07) is 37.6. The molecule has 0 spiro atoms. The van der Waals surface area contributed by atoms with Crippen molar-refractivity contribution < 1.29 is 33.3 Å². The van der Waals surface area contributed by atoms with E-state index in [9.17, 15) is 14.4 Å². The van der Waals surface area contributed by atoms with Gasteiger partial charge in [0.05, 0.1) is 20.6 Å². The summed E-state index contributed by atoms with van der Waals surface area (Å²) in [5.41, 5.74) is 7.10. The first-order chi connectivity index (χ1) is 28.3. The van der Waals surface area contributed by atoms with Gasteiger partial charge in [0.2, 0.25) is 17.7 Å². The monoisotopic (exact) mass is 783 g/mol. The highest BCUT2D eigenvalue weighted by molar-refractivity contribution is 5.90. The predicted octanol–water partition coefficient (Wildman–Crippen LogP) is 5.51. The molecule has 12 nitrogen and oxygen atoms in total. The molecule has 2 aliphatic rings. The molecule has 0 saturated carbocycles. The maximum atomic E-state index is 13.7. The summed E-state index contributed by atoms with van der Waals surface area (Å²) in [4.78, 5) is 46.0. The van der Waals surface area contributed by atoms with Crippen LogP contribution in [0.1, 0.15) is 27.8 Å². The zero-order valence-corrected chi connectivity index (χ0v) is 32.9. The second kappa shape index (κ2) is 19.0. The second-order valence-electron chi connectivity index (χ2n) is 14.3. The largest absolute Gasteiger partial charge is 0.493 e. The second-order valence-corrected chi connectivity index (χ2v) is 14.3. The van der Waals surface area contributed by atoms with Crippen molar-refractivity contribution in [1.82, 2.24) is 15.5 Å². The van der Waals surface area contributed by atoms with Gasteiger partial charge in [0.1, 0.15) is 24.6 Å². The Morgan fingerprint density at radius 2 is 1.09 bits per heavy atom. The van der Waals surface area contributed by atoms with Gasteiger partial charge in [-0.1, -0.05) is 66.7 Å². The molecule has 0 radical (unpaired) electrons. The number of benzene rings is 5. The number of ether oxygens (including phenoxy) is 4. The third kappa shape index (κ3) is 10.2. The van der Waals surface area contributed by atoms with Crippen molar-refractivity contribution in [1.29, 1.82) is 0 Å². The summed E-state index contributed by atoms with van der Waals surface area (Å²) >= 11 is 0. The van der Waals surface area contributed by atoms with E-state index in [0.29, 0.717) is 69.5 Å². The van der Waals surface area contributed by atoms with Crippen molar-refractivity contribution in [2.45, 2.75) is 32.4 Å². The number of hydrogen-bond donors (Lipinski definition) is 2. The minimum Gasteiger partial charge on any atom is -0.493 e. The van der Waals surface area contributed by atoms with Crippen LogP contribution < -0.4 is 39.4 Å². The van der Waals surface area contributed by atoms with Gasteiger partial charge >= 0.3 is 0 Å². The van der Waals surface area contributed by atoms with Gasteiger partial charge in [-0.2, -0.15) is 0 Å². The Morgan fingerprint density at radius 1 is 0.603 bits per heavy atom. The number of nitrogens with zero attached hydrogens (tertiary/aromatic N) is 3. The molecule has 0 saturated heterocycles. The Bertz CT molecular complexity index is 2080. The molecular weight excluding hydrogens is 735 g/mol. The Hall–Kier alpha value is -6.69. The van der Waals surface area contributed by atoms with Crippen LogP contribution in [0.15, 0.2) is 115 Å². The lowest BCUT2D eigenvalue weighted by Crippen LogP contribution is -2.46. The predicted molar refractivity (Wildman–Crippen MR) is 222 cm³/mol. The molecular formula is C46H49N5O7. The highest BCUT2D eigenvalue weighted by Crippen LogP contribution is 2.31. The Balaban J connectivity index is 0.943. The number of rotatable bonds is 16. The Labute approximate surface area is 339 Å². The summed E-state index contributed by atoms with van der Waals surface area (Å²) in [5.74, 6) is 1.65. The first-order valence-corrected chi connectivity index (χ1v) is 19.5. The third-order valence-electron chi connectivity index (χ3n) is 10.3. The first-order valence-electron chi connectivity index (χ1n) is 19.5. The van der Waals surface area contributed by atoms with E-state index in [1.807, 2.05) is 60.7 Å². The number of carbonyl (C=O) groups excluding carboxylic acids is 3. The maximum absolute atomic E-state index is 13.7. The minimum atomic E-state index is -0.368. The lowest BCUT2D eigenvalue weighted by molar-refractivity contribution is -0.138. The van der Waals surface area contributed by atoms with E-state index in [4.69, 9.17) is 18.9 Å². The lowest BCUT2D eigenvalue weighted by atomic mass is 10.1. The lowest BCUT2D eigenvalue weighted by Gasteiger charge is -2.31. The molecule has 5 aromatic carbocycles. The zero-order chi connectivity index (χ0) is 40.3. The van der Waals surface area contributed by atoms with Gasteiger partial charge in [-0.15, -0.1) is 0 Å². The smallest absolute Gasteiger partial charge is 0.239 e. The maximum Gasteiger partial charge on any atom is 0.239 e. The molecule has 12 heteroatoms. The minimum absolute atomic E-state index is 0.0324. The van der Waals surface area contributed by atoms with E-state index in [2.05, 4.69) is 56.8 Å². The normalized spacial score (nSPS) is 12.9. The van der Waals surface area contributed by atoms with Crippen LogP contribution >= 0.6 is 0 Å². The summed E-state index contributed by atoms with van der Waals surface area (Å²) in [7, 11) is 3.07. The van der Waals surface area contributed by atoms with Crippen molar-refractivity contribution in [3.05, 3.63) is 143 Å². The number of para-hydroxylation sites is 2. The van der Waals surface area contributed by atoms with Crippen molar-refractivity contribution in [3.8, 4) is 23.0 Å². The van der Waals surface area contributed by atoms with Gasteiger partial charge in [-0.25, -0.2) is 0 Å². The summed E-state index contributed by atoms with van der Waals surface area (Å²) in [6.07, 6.45) is 1.14. The van der Waals surface area contributed by atoms with E-state index in [1.165, 1.54) is 12.0 Å². The Morgan fingerprint density at radius 3 is 1.57 bits per heavy atom. The quantitative estimate of drug-likeness (QED) is 0.134. The Kier molecular flexibility index (Phi) is 12.9. The van der Waals surface area contributed by atoms with Crippen LogP contribution in [0.2, 0.25) is 0 Å². The van der Waals surface area contributed by atoms with E-state index < -0.39 is 0 Å². The average molecular weight is 784 g/mol. The van der Waals surface area contributed by atoms with Crippen molar-refractivity contribution in [2.75, 3.05) is 63.7 Å². The van der Waals surface area contributed by atoms with E-state index in [0.717, 1.165) is 45.1 Å². The van der Waals surface area contributed by atoms with Crippen molar-refractivity contribution >= 4 is 29.1 Å².